The molecule has 0 bridgehead atoms. The maximum atomic E-state index is 5.77. The van der Waals surface area contributed by atoms with Gasteiger partial charge in [-0.05, 0) is 48.5 Å². The van der Waals surface area contributed by atoms with Crippen LogP contribution in [0.5, 0.6) is 0 Å². The molecule has 3 N–H and O–H groups in total. The van der Waals surface area contributed by atoms with Gasteiger partial charge in [0.05, 0.1) is 0 Å². The first kappa shape index (κ1) is 13.3. The lowest BCUT2D eigenvalue weighted by molar-refractivity contribution is 0.569. The zero-order valence-electron chi connectivity index (χ0n) is 10.9. The molecule has 1 aromatic carbocycles. The van der Waals surface area contributed by atoms with E-state index in [1.165, 1.54) is 21.6 Å². The van der Waals surface area contributed by atoms with Crippen LogP contribution in [0.25, 0.3) is 10.4 Å². The fourth-order valence-corrected chi connectivity index (χ4v) is 3.13. The molecule has 1 unspecified atom stereocenters. The van der Waals surface area contributed by atoms with Gasteiger partial charge in [0.1, 0.15) is 0 Å². The molecule has 0 fully saturated rings. The van der Waals surface area contributed by atoms with E-state index in [-0.39, 0.29) is 0 Å². The van der Waals surface area contributed by atoms with Crippen molar-refractivity contribution < 1.29 is 0 Å². The van der Waals surface area contributed by atoms with Crippen molar-refractivity contribution >= 4 is 11.3 Å². The molecule has 0 aliphatic rings. The van der Waals surface area contributed by atoms with Gasteiger partial charge in [-0.2, -0.15) is 0 Å². The molecule has 0 aliphatic carbocycles. The van der Waals surface area contributed by atoms with Crippen LogP contribution in [0.3, 0.4) is 0 Å². The Morgan fingerprint density at radius 1 is 1.28 bits per heavy atom. The number of hydrogen-bond acceptors (Lipinski definition) is 3. The summed E-state index contributed by atoms with van der Waals surface area (Å²) < 4.78 is 0. The molecule has 0 amide bonds. The zero-order chi connectivity index (χ0) is 13.0. The van der Waals surface area contributed by atoms with Gasteiger partial charge < -0.3 is 11.1 Å². The van der Waals surface area contributed by atoms with Gasteiger partial charge in [-0.3, -0.25) is 0 Å². The molecule has 2 rings (SSSR count). The van der Waals surface area contributed by atoms with Crippen molar-refractivity contribution in [2.45, 2.75) is 19.4 Å². The summed E-state index contributed by atoms with van der Waals surface area (Å²) >= 11 is 1.81. The highest BCUT2D eigenvalue weighted by molar-refractivity contribution is 7.13. The van der Waals surface area contributed by atoms with E-state index >= 15 is 0 Å². The quantitative estimate of drug-likeness (QED) is 0.867. The van der Waals surface area contributed by atoms with Crippen LogP contribution in [0.2, 0.25) is 0 Å². The number of thiophene rings is 1. The number of aryl methyl sites for hydroxylation is 1. The van der Waals surface area contributed by atoms with Crippen LogP contribution in [0, 0.1) is 6.92 Å². The van der Waals surface area contributed by atoms with Crippen molar-refractivity contribution in [3.63, 3.8) is 0 Å². The van der Waals surface area contributed by atoms with Crippen molar-refractivity contribution in [3.8, 4) is 10.4 Å². The van der Waals surface area contributed by atoms with E-state index in [2.05, 4.69) is 48.0 Å². The van der Waals surface area contributed by atoms with Gasteiger partial charge in [-0.1, -0.05) is 24.3 Å². The second-order valence-electron chi connectivity index (χ2n) is 4.52. The Kier molecular flexibility index (Phi) is 4.53. The Morgan fingerprint density at radius 3 is 2.67 bits per heavy atom. The van der Waals surface area contributed by atoms with Crippen molar-refractivity contribution in [1.82, 2.24) is 5.32 Å². The fraction of sp³-hybridized carbons (Fsp3) is 0.333. The summed E-state index contributed by atoms with van der Waals surface area (Å²) in [5, 5.41) is 5.42. The van der Waals surface area contributed by atoms with E-state index in [9.17, 15) is 0 Å². The standard InChI is InChI=1S/C15H20N2S/c1-11-7-8-18-15(11)14-6-4-3-5-12(14)9-13(10-16)17-2/h3-8,13,17H,9-10,16H2,1-2H3. The minimum Gasteiger partial charge on any atom is -0.329 e. The Hall–Kier alpha value is -1.16. The van der Waals surface area contributed by atoms with Crippen LogP contribution >= 0.6 is 11.3 Å². The maximum absolute atomic E-state index is 5.77. The lowest BCUT2D eigenvalue weighted by Gasteiger charge is -2.16. The topological polar surface area (TPSA) is 38.0 Å². The Bertz CT molecular complexity index is 501. The first-order chi connectivity index (χ1) is 8.76. The third-order valence-corrected chi connectivity index (χ3v) is 4.33. The third kappa shape index (κ3) is 2.80. The largest absolute Gasteiger partial charge is 0.329 e. The molecule has 0 saturated carbocycles. The average molecular weight is 260 g/mol. The highest BCUT2D eigenvalue weighted by Gasteiger charge is 2.11. The average Bonchev–Trinajstić information content (AvgIpc) is 2.82. The minimum atomic E-state index is 0.339. The Morgan fingerprint density at radius 2 is 2.06 bits per heavy atom. The summed E-state index contributed by atoms with van der Waals surface area (Å²) in [7, 11) is 1.97. The summed E-state index contributed by atoms with van der Waals surface area (Å²) in [6.07, 6.45) is 0.973. The second kappa shape index (κ2) is 6.14. The number of nitrogens with one attached hydrogen (secondary N) is 1. The third-order valence-electron chi connectivity index (χ3n) is 3.28. The maximum Gasteiger partial charge on any atom is 0.0374 e. The SMILES string of the molecule is CNC(CN)Cc1ccccc1-c1sccc1C. The van der Waals surface area contributed by atoms with E-state index in [4.69, 9.17) is 5.73 Å². The van der Waals surface area contributed by atoms with Crippen molar-refractivity contribution in [1.29, 1.82) is 0 Å². The molecule has 96 valence electrons. The van der Waals surface area contributed by atoms with Gasteiger partial charge in [-0.15, -0.1) is 11.3 Å². The van der Waals surface area contributed by atoms with Crippen LogP contribution in [0.1, 0.15) is 11.1 Å². The van der Waals surface area contributed by atoms with Crippen molar-refractivity contribution in [3.05, 3.63) is 46.8 Å². The number of benzene rings is 1. The predicted octanol–water partition coefficient (Wildman–Crippen LogP) is 2.81. The molecule has 2 nitrogen and oxygen atoms in total. The molecule has 0 saturated heterocycles. The van der Waals surface area contributed by atoms with Crippen LogP contribution in [-0.2, 0) is 6.42 Å². The highest BCUT2D eigenvalue weighted by Crippen LogP contribution is 2.32. The lowest BCUT2D eigenvalue weighted by atomic mass is 9.98. The summed E-state index contributed by atoms with van der Waals surface area (Å²) in [5.41, 5.74) is 9.83. The van der Waals surface area contributed by atoms with Crippen LogP contribution < -0.4 is 11.1 Å². The van der Waals surface area contributed by atoms with Gasteiger partial charge in [-0.25, -0.2) is 0 Å². The molecule has 2 aromatic rings. The van der Waals surface area contributed by atoms with Gasteiger partial charge in [0, 0.05) is 17.5 Å². The normalized spacial score (nSPS) is 12.6. The van der Waals surface area contributed by atoms with Gasteiger partial charge in [0.2, 0.25) is 0 Å². The molecule has 0 radical (unpaired) electrons. The number of nitrogens with two attached hydrogens (primary N) is 1. The lowest BCUT2D eigenvalue weighted by Crippen LogP contribution is -2.35. The number of likely N-dealkylation sites (N-methyl/N-ethyl adjacent to an activating group) is 1. The number of rotatable bonds is 5. The molecular formula is C15H20N2S. The van der Waals surface area contributed by atoms with Gasteiger partial charge in [0.15, 0.2) is 0 Å². The van der Waals surface area contributed by atoms with Gasteiger partial charge >= 0.3 is 0 Å². The minimum absolute atomic E-state index is 0.339. The summed E-state index contributed by atoms with van der Waals surface area (Å²) in [6.45, 7) is 2.83. The smallest absolute Gasteiger partial charge is 0.0374 e. The molecule has 1 atom stereocenters. The van der Waals surface area contributed by atoms with E-state index in [0.717, 1.165) is 6.42 Å². The molecule has 1 heterocycles. The Labute approximate surface area is 113 Å². The van der Waals surface area contributed by atoms with Crippen molar-refractivity contribution in [2.24, 2.45) is 5.73 Å². The van der Waals surface area contributed by atoms with Crippen molar-refractivity contribution in [2.75, 3.05) is 13.6 Å². The molecule has 1 aromatic heterocycles. The number of hydrogen-bond donors (Lipinski definition) is 2. The monoisotopic (exact) mass is 260 g/mol. The van der Waals surface area contributed by atoms with Crippen LogP contribution in [0.4, 0.5) is 0 Å². The zero-order valence-corrected chi connectivity index (χ0v) is 11.8. The summed E-state index contributed by atoms with van der Waals surface area (Å²) in [5.74, 6) is 0. The molecule has 0 aliphatic heterocycles. The van der Waals surface area contributed by atoms with Crippen LogP contribution in [0.15, 0.2) is 35.7 Å². The molecule has 18 heavy (non-hydrogen) atoms. The highest BCUT2D eigenvalue weighted by atomic mass is 32.1. The van der Waals surface area contributed by atoms with E-state index < -0.39 is 0 Å². The van der Waals surface area contributed by atoms with Crippen LogP contribution in [-0.4, -0.2) is 19.6 Å². The fourth-order valence-electron chi connectivity index (χ4n) is 2.14. The second-order valence-corrected chi connectivity index (χ2v) is 5.43. The molecular weight excluding hydrogens is 240 g/mol. The first-order valence-corrected chi connectivity index (χ1v) is 7.14. The molecule has 3 heteroatoms. The van der Waals surface area contributed by atoms with E-state index in [0.29, 0.717) is 12.6 Å². The predicted molar refractivity (Wildman–Crippen MR) is 80.1 cm³/mol. The first-order valence-electron chi connectivity index (χ1n) is 6.26. The Balaban J connectivity index is 2.34. The van der Waals surface area contributed by atoms with E-state index in [1.807, 2.05) is 18.4 Å². The molecule has 0 spiro atoms. The van der Waals surface area contributed by atoms with Gasteiger partial charge in [0.25, 0.3) is 0 Å². The summed E-state index contributed by atoms with van der Waals surface area (Å²) in [6, 6.07) is 11.1. The van der Waals surface area contributed by atoms with E-state index in [1.54, 1.807) is 0 Å². The summed E-state index contributed by atoms with van der Waals surface area (Å²) in [4.78, 5) is 1.37.